The van der Waals surface area contributed by atoms with E-state index in [0.717, 1.165) is 23.3 Å². The molecule has 0 saturated heterocycles. The summed E-state index contributed by atoms with van der Waals surface area (Å²) in [5.41, 5.74) is 8.91. The molecule has 9 heteroatoms. The summed E-state index contributed by atoms with van der Waals surface area (Å²) in [5.74, 6) is -1.58. The summed E-state index contributed by atoms with van der Waals surface area (Å²) >= 11 is 0. The normalized spacial score (nSPS) is 11.0. The van der Waals surface area contributed by atoms with Crippen LogP contribution in [0.3, 0.4) is 0 Å². The van der Waals surface area contributed by atoms with Gasteiger partial charge in [-0.1, -0.05) is 30.3 Å². The maximum atomic E-state index is 14.5. The Morgan fingerprint density at radius 1 is 0.941 bits per heavy atom. The average Bonchev–Trinajstić information content (AvgIpc) is 3.31. The molecule has 7 nitrogen and oxygen atoms in total. The van der Waals surface area contributed by atoms with E-state index in [-0.39, 0.29) is 12.4 Å². The van der Waals surface area contributed by atoms with Crippen molar-refractivity contribution in [2.75, 3.05) is 5.32 Å². The molecule has 34 heavy (non-hydrogen) atoms. The topological polar surface area (TPSA) is 102 Å². The minimum absolute atomic E-state index is 0.0104. The highest BCUT2D eigenvalue weighted by Gasteiger charge is 2.19. The van der Waals surface area contributed by atoms with E-state index in [1.54, 1.807) is 12.4 Å². The minimum Gasteiger partial charge on any atom is -0.432 e. The summed E-state index contributed by atoms with van der Waals surface area (Å²) in [7, 11) is 0. The van der Waals surface area contributed by atoms with Gasteiger partial charge in [0, 0.05) is 31.0 Å². The Kier molecular flexibility index (Phi) is 5.84. The molecule has 0 fully saturated rings. The van der Waals surface area contributed by atoms with Crippen LogP contribution in [0.25, 0.3) is 22.2 Å². The highest BCUT2D eigenvalue weighted by atomic mass is 19.1. The van der Waals surface area contributed by atoms with E-state index in [9.17, 15) is 8.78 Å². The summed E-state index contributed by atoms with van der Waals surface area (Å²) in [6.07, 6.45) is 4.69. The number of hydrogen-bond donors (Lipinski definition) is 3. The largest absolute Gasteiger partial charge is 0.432 e. The van der Waals surface area contributed by atoms with Gasteiger partial charge < -0.3 is 20.8 Å². The summed E-state index contributed by atoms with van der Waals surface area (Å²) in [5, 5.41) is 3.79. The van der Waals surface area contributed by atoms with Crippen molar-refractivity contribution in [3.05, 3.63) is 96.1 Å². The first kappa shape index (κ1) is 21.5. The third-order valence-electron chi connectivity index (χ3n) is 5.31. The van der Waals surface area contributed by atoms with Crippen molar-refractivity contribution in [3.63, 3.8) is 0 Å². The molecule has 0 spiro atoms. The molecular formula is C25H20F2N6O. The molecule has 0 aliphatic heterocycles. The summed E-state index contributed by atoms with van der Waals surface area (Å²) < 4.78 is 34.7. The second kappa shape index (κ2) is 9.24. The molecule has 0 amide bonds. The van der Waals surface area contributed by atoms with Crippen molar-refractivity contribution in [2.24, 2.45) is 5.73 Å². The SMILES string of the molecule is NCc1cc(F)c(Oc2ncnc3[nH]cc(-c4ccnc(NCc5ccccc5)c4)c23)c(F)c1. The minimum atomic E-state index is -0.861. The molecule has 4 N–H and O–H groups in total. The van der Waals surface area contributed by atoms with Crippen LogP contribution in [0.5, 0.6) is 11.6 Å². The van der Waals surface area contributed by atoms with Crippen LogP contribution in [-0.2, 0) is 13.1 Å². The number of aromatic nitrogens is 4. The summed E-state index contributed by atoms with van der Waals surface area (Å²) in [6.45, 7) is 0.622. The predicted molar refractivity (Wildman–Crippen MR) is 125 cm³/mol. The fourth-order valence-corrected chi connectivity index (χ4v) is 3.65. The molecule has 0 saturated carbocycles. The predicted octanol–water partition coefficient (Wildman–Crippen LogP) is 5.16. The molecule has 5 rings (SSSR count). The van der Waals surface area contributed by atoms with Crippen LogP contribution in [0.15, 0.2) is 73.3 Å². The average molecular weight is 458 g/mol. The van der Waals surface area contributed by atoms with Crippen LogP contribution in [0.4, 0.5) is 14.6 Å². The lowest BCUT2D eigenvalue weighted by molar-refractivity contribution is 0.398. The molecular weight excluding hydrogens is 438 g/mol. The smallest absolute Gasteiger partial charge is 0.232 e. The number of anilines is 1. The maximum absolute atomic E-state index is 14.5. The quantitative estimate of drug-likeness (QED) is 0.311. The van der Waals surface area contributed by atoms with Gasteiger partial charge in [0.05, 0.1) is 5.39 Å². The highest BCUT2D eigenvalue weighted by Crippen LogP contribution is 2.37. The zero-order valence-electron chi connectivity index (χ0n) is 17.9. The first-order chi connectivity index (χ1) is 16.6. The number of pyridine rings is 1. The molecule has 0 aliphatic carbocycles. The van der Waals surface area contributed by atoms with Gasteiger partial charge in [0.15, 0.2) is 11.6 Å². The number of hydrogen-bond acceptors (Lipinski definition) is 6. The van der Waals surface area contributed by atoms with Gasteiger partial charge >= 0.3 is 0 Å². The Balaban J connectivity index is 1.49. The fraction of sp³-hybridized carbons (Fsp3) is 0.0800. The molecule has 0 unspecified atom stereocenters. The van der Waals surface area contributed by atoms with Gasteiger partial charge in [-0.25, -0.2) is 23.7 Å². The van der Waals surface area contributed by atoms with Crippen LogP contribution in [0.1, 0.15) is 11.1 Å². The van der Waals surface area contributed by atoms with E-state index < -0.39 is 17.4 Å². The first-order valence-corrected chi connectivity index (χ1v) is 10.5. The number of rotatable bonds is 7. The Morgan fingerprint density at radius 2 is 1.74 bits per heavy atom. The van der Waals surface area contributed by atoms with Crippen LogP contribution in [-0.4, -0.2) is 19.9 Å². The second-order valence-corrected chi connectivity index (χ2v) is 7.57. The second-order valence-electron chi connectivity index (χ2n) is 7.57. The molecule has 5 aromatic rings. The monoisotopic (exact) mass is 458 g/mol. The van der Waals surface area contributed by atoms with Crippen molar-refractivity contribution < 1.29 is 13.5 Å². The Morgan fingerprint density at radius 3 is 2.50 bits per heavy atom. The van der Waals surface area contributed by atoms with Crippen molar-refractivity contribution in [1.29, 1.82) is 0 Å². The van der Waals surface area contributed by atoms with Crippen LogP contribution < -0.4 is 15.8 Å². The van der Waals surface area contributed by atoms with Gasteiger partial charge in [-0.15, -0.1) is 0 Å². The first-order valence-electron chi connectivity index (χ1n) is 10.5. The van der Waals surface area contributed by atoms with E-state index in [1.165, 1.54) is 6.33 Å². The third kappa shape index (κ3) is 4.28. The van der Waals surface area contributed by atoms with Crippen molar-refractivity contribution >= 4 is 16.9 Å². The molecule has 0 bridgehead atoms. The zero-order valence-corrected chi connectivity index (χ0v) is 17.9. The lowest BCUT2D eigenvalue weighted by atomic mass is 10.1. The number of ether oxygens (including phenoxy) is 1. The van der Waals surface area contributed by atoms with Gasteiger partial charge in [-0.2, -0.15) is 0 Å². The van der Waals surface area contributed by atoms with Gasteiger partial charge in [0.1, 0.15) is 17.8 Å². The van der Waals surface area contributed by atoms with Crippen molar-refractivity contribution in [3.8, 4) is 22.8 Å². The molecule has 3 heterocycles. The van der Waals surface area contributed by atoms with Crippen LogP contribution in [0, 0.1) is 11.6 Å². The van der Waals surface area contributed by atoms with Crippen molar-refractivity contribution in [1.82, 2.24) is 19.9 Å². The van der Waals surface area contributed by atoms with Crippen LogP contribution >= 0.6 is 0 Å². The zero-order chi connectivity index (χ0) is 23.5. The standard InChI is InChI=1S/C25H20F2N6O/c26-19-8-16(11-28)9-20(27)23(19)34-25-22-18(13-31-24(22)32-14-33-25)17-6-7-29-21(10-17)30-12-15-4-2-1-3-5-15/h1-10,13-14H,11-12,28H2,(H,29,30)(H,31,32,33). The number of H-pyrrole nitrogens is 1. The van der Waals surface area contributed by atoms with Gasteiger partial charge in [0.2, 0.25) is 11.6 Å². The Bertz CT molecular complexity index is 1430. The van der Waals surface area contributed by atoms with E-state index >= 15 is 0 Å². The number of halogens is 2. The summed E-state index contributed by atoms with van der Waals surface area (Å²) in [4.78, 5) is 15.8. The third-order valence-corrected chi connectivity index (χ3v) is 5.31. The highest BCUT2D eigenvalue weighted by molar-refractivity contribution is 5.97. The molecule has 2 aromatic carbocycles. The lowest BCUT2D eigenvalue weighted by Gasteiger charge is -2.11. The number of nitrogens with one attached hydrogen (secondary N) is 2. The number of fused-ring (bicyclic) bond motifs is 1. The van der Waals surface area contributed by atoms with E-state index in [1.807, 2.05) is 42.5 Å². The van der Waals surface area contributed by atoms with Gasteiger partial charge in [0.25, 0.3) is 0 Å². The fourth-order valence-electron chi connectivity index (χ4n) is 3.65. The number of nitrogens with two attached hydrogens (primary N) is 1. The van der Waals surface area contributed by atoms with Crippen molar-refractivity contribution in [2.45, 2.75) is 13.1 Å². The lowest BCUT2D eigenvalue weighted by Crippen LogP contribution is -2.02. The molecule has 170 valence electrons. The number of benzene rings is 2. The van der Waals surface area contributed by atoms with E-state index in [4.69, 9.17) is 10.5 Å². The maximum Gasteiger partial charge on any atom is 0.232 e. The molecule has 0 atom stereocenters. The Labute approximate surface area is 193 Å². The van der Waals surface area contributed by atoms with Gasteiger partial charge in [-0.05, 0) is 41.0 Å². The van der Waals surface area contributed by atoms with Gasteiger partial charge in [-0.3, -0.25) is 0 Å². The van der Waals surface area contributed by atoms with E-state index in [0.29, 0.717) is 34.5 Å². The molecule has 0 radical (unpaired) electrons. The molecule has 3 aromatic heterocycles. The number of nitrogens with zero attached hydrogens (tertiary/aromatic N) is 3. The number of aromatic amines is 1. The Hall–Kier alpha value is -4.37. The van der Waals surface area contributed by atoms with Crippen LogP contribution in [0.2, 0.25) is 0 Å². The molecule has 0 aliphatic rings. The summed E-state index contributed by atoms with van der Waals surface area (Å²) in [6, 6.07) is 15.9. The van der Waals surface area contributed by atoms with E-state index in [2.05, 4.69) is 25.3 Å².